The summed E-state index contributed by atoms with van der Waals surface area (Å²) >= 11 is 0. The average molecular weight is 414 g/mol. The highest BCUT2D eigenvalue weighted by atomic mass is 15.1. The minimum atomic E-state index is 1.06. The van der Waals surface area contributed by atoms with Crippen LogP contribution in [0.25, 0.3) is 0 Å². The van der Waals surface area contributed by atoms with E-state index in [1.54, 1.807) is 19.3 Å². The van der Waals surface area contributed by atoms with Crippen LogP contribution in [0.4, 0.5) is 0 Å². The lowest BCUT2D eigenvalue weighted by Gasteiger charge is -2.37. The molecule has 0 amide bonds. The second kappa shape index (κ2) is 28.0. The number of hydrogen-bond acceptors (Lipinski definition) is 1. The molecule has 0 N–H and O–H groups in total. The molecule has 0 heterocycles. The van der Waals surface area contributed by atoms with Gasteiger partial charge >= 0.3 is 0 Å². The molecular formula is C28H63N. The normalized spacial score (nSPS) is 18.3. The molecule has 0 bridgehead atoms. The smallest absolute Gasteiger partial charge is 0.00244 e. The van der Waals surface area contributed by atoms with Gasteiger partial charge in [-0.1, -0.05) is 114 Å². The van der Waals surface area contributed by atoms with Crippen molar-refractivity contribution < 1.29 is 0 Å². The molecule has 180 valence electrons. The van der Waals surface area contributed by atoms with Crippen LogP contribution in [0.3, 0.4) is 0 Å². The van der Waals surface area contributed by atoms with Gasteiger partial charge < -0.3 is 4.90 Å². The van der Waals surface area contributed by atoms with Crippen molar-refractivity contribution in [3.05, 3.63) is 0 Å². The topological polar surface area (TPSA) is 3.24 Å². The third-order valence-corrected chi connectivity index (χ3v) is 5.95. The van der Waals surface area contributed by atoms with Gasteiger partial charge in [0.05, 0.1) is 0 Å². The second-order valence-corrected chi connectivity index (χ2v) is 8.65. The summed E-state index contributed by atoms with van der Waals surface area (Å²) in [6.45, 7) is 21.9. The Morgan fingerprint density at radius 3 is 1.62 bits per heavy atom. The van der Waals surface area contributed by atoms with E-state index in [0.717, 1.165) is 17.8 Å². The second-order valence-electron chi connectivity index (χ2n) is 8.65. The molecule has 1 heteroatoms. The molecule has 1 aliphatic carbocycles. The standard InChI is InChI=1S/C17H34.C7H17N.2C2H6/c1-4-7-8-9-11-16(10-5-2)14-17-12-15(6-3)13-17;1-4-6-8(3)7-5-2;2*1-2/h15-17H,4-14H2,1-3H3;4-7H2,1-3H3;2*1-2H3. The van der Waals surface area contributed by atoms with E-state index < -0.39 is 0 Å². The molecule has 1 rings (SSSR count). The van der Waals surface area contributed by atoms with Gasteiger partial charge in [0, 0.05) is 0 Å². The van der Waals surface area contributed by atoms with Gasteiger partial charge in [-0.25, -0.2) is 0 Å². The van der Waals surface area contributed by atoms with Gasteiger partial charge in [0.25, 0.3) is 0 Å². The molecule has 1 atom stereocenters. The molecule has 0 aliphatic heterocycles. The first-order chi connectivity index (χ1) is 14.1. The van der Waals surface area contributed by atoms with Crippen LogP contribution in [-0.2, 0) is 0 Å². The van der Waals surface area contributed by atoms with Crippen molar-refractivity contribution in [1.29, 1.82) is 0 Å². The monoisotopic (exact) mass is 413 g/mol. The van der Waals surface area contributed by atoms with Gasteiger partial charge in [-0.2, -0.15) is 0 Å². The van der Waals surface area contributed by atoms with Crippen LogP contribution >= 0.6 is 0 Å². The summed E-state index contributed by atoms with van der Waals surface area (Å²) in [5, 5.41) is 0. The molecule has 1 nitrogen and oxygen atoms in total. The van der Waals surface area contributed by atoms with Crippen molar-refractivity contribution in [1.82, 2.24) is 4.90 Å². The fraction of sp³-hybridized carbons (Fsp3) is 1.00. The predicted molar refractivity (Wildman–Crippen MR) is 139 cm³/mol. The first-order valence-electron chi connectivity index (χ1n) is 13.8. The minimum Gasteiger partial charge on any atom is -0.306 e. The van der Waals surface area contributed by atoms with Crippen molar-refractivity contribution in [2.45, 2.75) is 146 Å². The fourth-order valence-corrected chi connectivity index (χ4v) is 4.39. The van der Waals surface area contributed by atoms with E-state index in [1.165, 1.54) is 77.3 Å². The van der Waals surface area contributed by atoms with E-state index in [-0.39, 0.29) is 0 Å². The van der Waals surface area contributed by atoms with Crippen molar-refractivity contribution >= 4 is 0 Å². The molecule has 0 spiro atoms. The van der Waals surface area contributed by atoms with Crippen LogP contribution in [-0.4, -0.2) is 25.0 Å². The molecule has 0 saturated heterocycles. The summed E-state index contributed by atoms with van der Waals surface area (Å²) in [5.74, 6) is 3.24. The third kappa shape index (κ3) is 22.5. The summed E-state index contributed by atoms with van der Waals surface area (Å²) in [5.41, 5.74) is 0. The Bertz CT molecular complexity index is 251. The Kier molecular flexibility index (Phi) is 32.4. The Morgan fingerprint density at radius 1 is 0.655 bits per heavy atom. The van der Waals surface area contributed by atoms with Crippen LogP contribution in [0.5, 0.6) is 0 Å². The van der Waals surface area contributed by atoms with Crippen LogP contribution in [0.1, 0.15) is 146 Å². The summed E-state index contributed by atoms with van der Waals surface area (Å²) in [6.07, 6.45) is 18.8. The van der Waals surface area contributed by atoms with E-state index in [1.807, 2.05) is 27.7 Å². The summed E-state index contributed by atoms with van der Waals surface area (Å²) in [6, 6.07) is 0. The molecule has 0 aromatic rings. The quantitative estimate of drug-likeness (QED) is 0.256. The van der Waals surface area contributed by atoms with E-state index in [0.29, 0.717) is 0 Å². The Labute approximate surface area is 188 Å². The van der Waals surface area contributed by atoms with E-state index in [9.17, 15) is 0 Å². The zero-order valence-corrected chi connectivity index (χ0v) is 22.8. The molecule has 29 heavy (non-hydrogen) atoms. The average Bonchev–Trinajstić information content (AvgIpc) is 2.71. The summed E-state index contributed by atoms with van der Waals surface area (Å²) < 4.78 is 0. The first-order valence-corrected chi connectivity index (χ1v) is 13.8. The largest absolute Gasteiger partial charge is 0.306 e. The van der Waals surface area contributed by atoms with Gasteiger partial charge in [-0.05, 0) is 70.0 Å². The molecular weight excluding hydrogens is 350 g/mol. The lowest BCUT2D eigenvalue weighted by Crippen LogP contribution is -2.25. The Morgan fingerprint density at radius 2 is 1.21 bits per heavy atom. The number of unbranched alkanes of at least 4 members (excludes halogenated alkanes) is 3. The maximum absolute atomic E-state index is 2.36. The van der Waals surface area contributed by atoms with Crippen LogP contribution in [0.15, 0.2) is 0 Å². The molecule has 1 fully saturated rings. The molecule has 0 aromatic carbocycles. The van der Waals surface area contributed by atoms with Crippen molar-refractivity contribution in [3.8, 4) is 0 Å². The maximum atomic E-state index is 2.36. The lowest BCUT2D eigenvalue weighted by atomic mass is 9.69. The van der Waals surface area contributed by atoms with E-state index in [4.69, 9.17) is 0 Å². The van der Waals surface area contributed by atoms with Crippen molar-refractivity contribution in [2.75, 3.05) is 20.1 Å². The van der Waals surface area contributed by atoms with Crippen LogP contribution in [0, 0.1) is 17.8 Å². The number of nitrogens with zero attached hydrogens (tertiary/aromatic N) is 1. The summed E-state index contributed by atoms with van der Waals surface area (Å²) in [7, 11) is 2.17. The first kappa shape index (κ1) is 33.6. The zero-order chi connectivity index (χ0) is 22.9. The number of rotatable bonds is 14. The van der Waals surface area contributed by atoms with Crippen LogP contribution in [0.2, 0.25) is 0 Å². The maximum Gasteiger partial charge on any atom is -0.00244 e. The van der Waals surface area contributed by atoms with Gasteiger partial charge in [0.2, 0.25) is 0 Å². The molecule has 1 aliphatic rings. The molecule has 1 saturated carbocycles. The molecule has 0 radical (unpaired) electrons. The highest BCUT2D eigenvalue weighted by Crippen LogP contribution is 2.41. The molecule has 1 unspecified atom stereocenters. The Hall–Kier alpha value is -0.0400. The van der Waals surface area contributed by atoms with E-state index >= 15 is 0 Å². The van der Waals surface area contributed by atoms with Gasteiger partial charge in [0.1, 0.15) is 0 Å². The minimum absolute atomic E-state index is 1.06. The lowest BCUT2D eigenvalue weighted by molar-refractivity contribution is 0.147. The van der Waals surface area contributed by atoms with Gasteiger partial charge in [-0.3, -0.25) is 0 Å². The molecule has 0 aromatic heterocycles. The summed E-state index contributed by atoms with van der Waals surface area (Å²) in [4.78, 5) is 2.36. The fourth-order valence-electron chi connectivity index (χ4n) is 4.39. The van der Waals surface area contributed by atoms with Gasteiger partial charge in [0.15, 0.2) is 0 Å². The Balaban J connectivity index is -0.000000474. The van der Waals surface area contributed by atoms with Crippen molar-refractivity contribution in [2.24, 2.45) is 17.8 Å². The van der Waals surface area contributed by atoms with Gasteiger partial charge in [-0.15, -0.1) is 0 Å². The van der Waals surface area contributed by atoms with Crippen LogP contribution < -0.4 is 0 Å². The number of hydrogen-bond donors (Lipinski definition) is 0. The highest BCUT2D eigenvalue weighted by Gasteiger charge is 2.29. The predicted octanol–water partition coefficient (Wildman–Crippen LogP) is 9.99. The van der Waals surface area contributed by atoms with E-state index in [2.05, 4.69) is 46.6 Å². The van der Waals surface area contributed by atoms with Crippen molar-refractivity contribution in [3.63, 3.8) is 0 Å². The zero-order valence-electron chi connectivity index (χ0n) is 22.8. The SMILES string of the molecule is CC.CC.CCCCCCC(CCC)CC1CC(CC)C1.CCCN(C)CCC. The third-order valence-electron chi connectivity index (χ3n) is 5.95. The highest BCUT2D eigenvalue weighted by molar-refractivity contribution is 4.80.